The fourth-order valence-electron chi connectivity index (χ4n) is 4.16. The van der Waals surface area contributed by atoms with Gasteiger partial charge in [0.05, 0.1) is 21.2 Å². The molecule has 29 heavy (non-hydrogen) atoms. The van der Waals surface area contributed by atoms with Gasteiger partial charge >= 0.3 is 0 Å². The van der Waals surface area contributed by atoms with E-state index < -0.39 is 0 Å². The Kier molecular flexibility index (Phi) is 5.80. The van der Waals surface area contributed by atoms with Crippen molar-refractivity contribution < 1.29 is 4.74 Å². The summed E-state index contributed by atoms with van der Waals surface area (Å²) in [5.74, 6) is 0.601. The Morgan fingerprint density at radius 3 is 2.48 bits per heavy atom. The number of rotatable bonds is 4. The number of hydrogen-bond donors (Lipinski definition) is 2. The second-order valence-electron chi connectivity index (χ2n) is 7.61. The summed E-state index contributed by atoms with van der Waals surface area (Å²) in [6, 6.07) is 11.1. The highest BCUT2D eigenvalue weighted by Gasteiger charge is 2.37. The summed E-state index contributed by atoms with van der Waals surface area (Å²) in [5, 5.41) is 2.89. The quantitative estimate of drug-likeness (QED) is 0.534. The van der Waals surface area contributed by atoms with Gasteiger partial charge in [0.2, 0.25) is 0 Å². The molecule has 3 aromatic rings. The molecule has 2 aromatic carbocycles. The predicted octanol–water partition coefficient (Wildman–Crippen LogP) is 5.71. The molecule has 4 nitrogen and oxygen atoms in total. The van der Waals surface area contributed by atoms with Crippen molar-refractivity contribution in [3.05, 3.63) is 73.6 Å². The van der Waals surface area contributed by atoms with Crippen molar-refractivity contribution in [1.29, 1.82) is 0 Å². The Morgan fingerprint density at radius 2 is 1.79 bits per heavy atom. The number of hydrogen-bond acceptors (Lipinski definition) is 3. The van der Waals surface area contributed by atoms with Gasteiger partial charge in [-0.2, -0.15) is 0 Å². The molecule has 0 unspecified atom stereocenters. The van der Waals surface area contributed by atoms with Crippen LogP contribution in [0.25, 0.3) is 10.8 Å². The largest absolute Gasteiger partial charge is 0.489 e. The Morgan fingerprint density at radius 1 is 1.03 bits per heavy atom. The third-order valence-corrected chi connectivity index (χ3v) is 6.97. The summed E-state index contributed by atoms with van der Waals surface area (Å²) in [6.07, 6.45) is 5.13. The Bertz CT molecular complexity index is 1100. The summed E-state index contributed by atoms with van der Waals surface area (Å²) in [5.41, 5.74) is 7.01. The molecule has 1 aliphatic carbocycles. The highest BCUT2D eigenvalue weighted by Crippen LogP contribution is 2.42. The van der Waals surface area contributed by atoms with Crippen LogP contribution in [0.1, 0.15) is 31.2 Å². The monoisotopic (exact) mass is 450 g/mol. The van der Waals surface area contributed by atoms with Crippen LogP contribution in [0.15, 0.2) is 47.4 Å². The molecule has 152 valence electrons. The maximum absolute atomic E-state index is 11.9. The van der Waals surface area contributed by atoms with Crippen LogP contribution in [-0.4, -0.2) is 17.6 Å². The van der Waals surface area contributed by atoms with E-state index in [4.69, 9.17) is 45.3 Å². The molecule has 7 heteroatoms. The molecular weight excluding hydrogens is 431 g/mol. The maximum atomic E-state index is 11.9. The summed E-state index contributed by atoms with van der Waals surface area (Å²) in [6.45, 7) is 0.539. The number of ether oxygens (including phenoxy) is 1. The maximum Gasteiger partial charge on any atom is 0.255 e. The van der Waals surface area contributed by atoms with Crippen LogP contribution in [0.3, 0.4) is 0 Å². The number of aromatic nitrogens is 1. The lowest BCUT2D eigenvalue weighted by atomic mass is 9.69. The summed E-state index contributed by atoms with van der Waals surface area (Å²) < 4.78 is 6.22. The Hall–Kier alpha value is -1.72. The molecule has 1 aliphatic rings. The van der Waals surface area contributed by atoms with Crippen LogP contribution in [0, 0.1) is 0 Å². The first kappa shape index (κ1) is 20.5. The van der Waals surface area contributed by atoms with Gasteiger partial charge in [0.15, 0.2) is 0 Å². The standard InChI is InChI=1S/C22H21Cl3N2O2/c23-17-2-1-14(10-18(17)24)22(12-26)6-3-15(4-7-22)29-20-9-13-5-8-27-21(28)16(13)11-19(20)25/h1-2,5,8-11,15H,3-4,6-7,12,26H2,(H,27,28). The highest BCUT2D eigenvalue weighted by molar-refractivity contribution is 6.42. The minimum Gasteiger partial charge on any atom is -0.489 e. The highest BCUT2D eigenvalue weighted by atomic mass is 35.5. The van der Waals surface area contributed by atoms with Crippen molar-refractivity contribution in [1.82, 2.24) is 4.98 Å². The number of aromatic amines is 1. The van der Waals surface area contributed by atoms with E-state index in [9.17, 15) is 4.79 Å². The normalized spacial score (nSPS) is 22.0. The molecule has 0 atom stereocenters. The van der Waals surface area contributed by atoms with Gasteiger partial charge in [-0.3, -0.25) is 4.79 Å². The summed E-state index contributed by atoms with van der Waals surface area (Å²) in [7, 11) is 0. The predicted molar refractivity (Wildman–Crippen MR) is 120 cm³/mol. The molecular formula is C22H21Cl3N2O2. The van der Waals surface area contributed by atoms with Gasteiger partial charge < -0.3 is 15.5 Å². The van der Waals surface area contributed by atoms with Gasteiger partial charge in [-0.25, -0.2) is 0 Å². The average molecular weight is 452 g/mol. The topological polar surface area (TPSA) is 68.1 Å². The van der Waals surface area contributed by atoms with E-state index >= 15 is 0 Å². The Balaban J connectivity index is 1.52. The number of H-pyrrole nitrogens is 1. The van der Waals surface area contributed by atoms with Crippen LogP contribution in [0.5, 0.6) is 5.75 Å². The van der Waals surface area contributed by atoms with Crippen LogP contribution in [-0.2, 0) is 5.41 Å². The fraction of sp³-hybridized carbons (Fsp3) is 0.318. The van der Waals surface area contributed by atoms with Gasteiger partial charge in [0.1, 0.15) is 5.75 Å². The summed E-state index contributed by atoms with van der Waals surface area (Å²) in [4.78, 5) is 14.6. The van der Waals surface area contributed by atoms with E-state index in [2.05, 4.69) is 4.98 Å². The van der Waals surface area contributed by atoms with Crippen molar-refractivity contribution >= 4 is 45.6 Å². The van der Waals surface area contributed by atoms with Gasteiger partial charge in [0, 0.05) is 23.5 Å². The van der Waals surface area contributed by atoms with Gasteiger partial charge in [-0.1, -0.05) is 40.9 Å². The van der Waals surface area contributed by atoms with Crippen molar-refractivity contribution in [3.8, 4) is 5.75 Å². The first-order valence-corrected chi connectivity index (χ1v) is 10.7. The number of nitrogens with two attached hydrogens (primary N) is 1. The van der Waals surface area contributed by atoms with Gasteiger partial charge in [0.25, 0.3) is 5.56 Å². The van der Waals surface area contributed by atoms with E-state index in [1.807, 2.05) is 30.3 Å². The third kappa shape index (κ3) is 3.99. The fourth-order valence-corrected chi connectivity index (χ4v) is 4.66. The lowest BCUT2D eigenvalue weighted by Crippen LogP contribution is -2.41. The van der Waals surface area contributed by atoms with E-state index in [0.29, 0.717) is 32.7 Å². The van der Waals surface area contributed by atoms with Crippen LogP contribution < -0.4 is 16.0 Å². The van der Waals surface area contributed by atoms with E-state index in [1.165, 1.54) is 0 Å². The van der Waals surface area contributed by atoms with E-state index in [-0.39, 0.29) is 17.1 Å². The van der Waals surface area contributed by atoms with Crippen molar-refractivity contribution in [3.63, 3.8) is 0 Å². The third-order valence-electron chi connectivity index (χ3n) is 5.93. The zero-order valence-corrected chi connectivity index (χ0v) is 17.9. The first-order chi connectivity index (χ1) is 13.9. The molecule has 0 radical (unpaired) electrons. The van der Waals surface area contributed by atoms with Crippen molar-refractivity contribution in [2.24, 2.45) is 5.73 Å². The minimum atomic E-state index is -0.164. The zero-order chi connectivity index (χ0) is 20.6. The second-order valence-corrected chi connectivity index (χ2v) is 8.83. The number of halogens is 3. The number of pyridine rings is 1. The second kappa shape index (κ2) is 8.19. The minimum absolute atomic E-state index is 0.0365. The molecule has 1 saturated carbocycles. The number of fused-ring (bicyclic) bond motifs is 1. The number of benzene rings is 2. The van der Waals surface area contributed by atoms with Crippen LogP contribution >= 0.6 is 34.8 Å². The van der Waals surface area contributed by atoms with Crippen molar-refractivity contribution in [2.45, 2.75) is 37.2 Å². The molecule has 3 N–H and O–H groups in total. The molecule has 1 heterocycles. The number of nitrogens with one attached hydrogen (secondary N) is 1. The SMILES string of the molecule is NCC1(c2ccc(Cl)c(Cl)c2)CCC(Oc2cc3cc[nH]c(=O)c3cc2Cl)CC1. The van der Waals surface area contributed by atoms with Crippen LogP contribution in [0.2, 0.25) is 15.1 Å². The van der Waals surface area contributed by atoms with Crippen molar-refractivity contribution in [2.75, 3.05) is 6.54 Å². The molecule has 0 bridgehead atoms. The van der Waals surface area contributed by atoms with Gasteiger partial charge in [-0.05, 0) is 67.0 Å². The Labute approximate surface area is 183 Å². The van der Waals surface area contributed by atoms with Gasteiger partial charge in [-0.15, -0.1) is 0 Å². The lowest BCUT2D eigenvalue weighted by Gasteiger charge is -2.40. The first-order valence-electron chi connectivity index (χ1n) is 9.55. The van der Waals surface area contributed by atoms with E-state index in [0.717, 1.165) is 36.6 Å². The molecule has 0 aliphatic heterocycles. The molecule has 0 amide bonds. The molecule has 0 spiro atoms. The smallest absolute Gasteiger partial charge is 0.255 e. The van der Waals surface area contributed by atoms with Crippen LogP contribution in [0.4, 0.5) is 0 Å². The van der Waals surface area contributed by atoms with E-state index in [1.54, 1.807) is 12.3 Å². The lowest BCUT2D eigenvalue weighted by molar-refractivity contribution is 0.118. The molecule has 4 rings (SSSR count). The molecule has 0 saturated heterocycles. The summed E-state index contributed by atoms with van der Waals surface area (Å²) >= 11 is 18.7. The molecule has 1 aromatic heterocycles. The average Bonchev–Trinajstić information content (AvgIpc) is 2.72. The zero-order valence-electron chi connectivity index (χ0n) is 15.7. The molecule has 1 fully saturated rings.